The minimum Gasteiger partial charge on any atom is -0.490 e. The molecule has 0 unspecified atom stereocenters. The summed E-state index contributed by atoms with van der Waals surface area (Å²) < 4.78 is 16.7. The molecule has 0 bridgehead atoms. The largest absolute Gasteiger partial charge is 0.490 e. The van der Waals surface area contributed by atoms with E-state index in [0.29, 0.717) is 35.8 Å². The molecule has 12 nitrogen and oxygen atoms in total. The van der Waals surface area contributed by atoms with Gasteiger partial charge in [-0.2, -0.15) is 5.10 Å². The molecule has 12 heteroatoms. The van der Waals surface area contributed by atoms with Crippen LogP contribution in [0.1, 0.15) is 29.8 Å². The molecule has 1 amide bonds. The van der Waals surface area contributed by atoms with E-state index in [1.165, 1.54) is 12.3 Å². The van der Waals surface area contributed by atoms with Gasteiger partial charge in [0, 0.05) is 17.2 Å². The Bertz CT molecular complexity index is 1310. The number of hydrogen-bond acceptors (Lipinski definition) is 9. The fraction of sp³-hybridized carbons (Fsp3) is 0.167. The normalized spacial score (nSPS) is 10.6. The predicted octanol–water partition coefficient (Wildman–Crippen LogP) is 4.86. The Kier molecular flexibility index (Phi) is 8.49. The highest BCUT2D eigenvalue weighted by atomic mass is 16.6. The highest BCUT2D eigenvalue weighted by Gasteiger charge is 2.21. The lowest BCUT2D eigenvalue weighted by atomic mass is 10.2. The van der Waals surface area contributed by atoms with Crippen molar-refractivity contribution in [1.29, 1.82) is 0 Å². The Morgan fingerprint density at radius 1 is 0.889 bits per heavy atom. The monoisotopic (exact) mass is 494 g/mol. The number of benzene rings is 3. The second kappa shape index (κ2) is 11.9. The van der Waals surface area contributed by atoms with Crippen LogP contribution in [-0.4, -0.2) is 35.2 Å². The summed E-state index contributed by atoms with van der Waals surface area (Å²) in [7, 11) is 0. The molecule has 1 N–H and O–H groups in total. The van der Waals surface area contributed by atoms with Crippen LogP contribution >= 0.6 is 0 Å². The molecule has 0 saturated carbocycles. The van der Waals surface area contributed by atoms with Gasteiger partial charge in [-0.1, -0.05) is 12.1 Å². The molecule has 0 spiro atoms. The van der Waals surface area contributed by atoms with Crippen molar-refractivity contribution in [2.75, 3.05) is 13.2 Å². The van der Waals surface area contributed by atoms with Gasteiger partial charge in [0.25, 0.3) is 11.6 Å². The zero-order valence-electron chi connectivity index (χ0n) is 19.4. The van der Waals surface area contributed by atoms with Gasteiger partial charge in [0.05, 0.1) is 35.3 Å². The van der Waals surface area contributed by atoms with Crippen molar-refractivity contribution in [3.05, 3.63) is 92.0 Å². The molecular weight excluding hydrogens is 472 g/mol. The predicted molar refractivity (Wildman–Crippen MR) is 130 cm³/mol. The van der Waals surface area contributed by atoms with Gasteiger partial charge < -0.3 is 14.2 Å². The molecule has 186 valence electrons. The topological polar surface area (TPSA) is 155 Å². The van der Waals surface area contributed by atoms with E-state index in [1.807, 2.05) is 13.8 Å². The molecule has 3 aromatic carbocycles. The van der Waals surface area contributed by atoms with Crippen LogP contribution in [0.25, 0.3) is 0 Å². The summed E-state index contributed by atoms with van der Waals surface area (Å²) >= 11 is 0. The lowest BCUT2D eigenvalue weighted by Crippen LogP contribution is -2.17. The summed E-state index contributed by atoms with van der Waals surface area (Å²) in [5.41, 5.74) is 2.09. The van der Waals surface area contributed by atoms with Gasteiger partial charge in [0.1, 0.15) is 5.75 Å². The SMILES string of the molecule is CCOc1ccc(C(=O)N/N=C/c2ccccc2Oc2ccc([N+](=O)[O-])cc2[N+](=O)[O-])cc1OCC. The first-order valence-corrected chi connectivity index (χ1v) is 10.8. The maximum Gasteiger partial charge on any atom is 0.318 e. The van der Waals surface area contributed by atoms with Crippen molar-refractivity contribution in [2.45, 2.75) is 13.8 Å². The summed E-state index contributed by atoms with van der Waals surface area (Å²) in [6.07, 6.45) is 1.31. The number of ether oxygens (including phenoxy) is 3. The maximum atomic E-state index is 12.6. The van der Waals surface area contributed by atoms with Crippen LogP contribution in [0.15, 0.2) is 65.8 Å². The first-order valence-electron chi connectivity index (χ1n) is 10.8. The summed E-state index contributed by atoms with van der Waals surface area (Å²) in [6, 6.07) is 14.3. The lowest BCUT2D eigenvalue weighted by Gasteiger charge is -2.12. The molecule has 0 heterocycles. The van der Waals surface area contributed by atoms with E-state index < -0.39 is 27.1 Å². The average molecular weight is 494 g/mol. The molecule has 3 rings (SSSR count). The van der Waals surface area contributed by atoms with Crippen molar-refractivity contribution in [3.63, 3.8) is 0 Å². The van der Waals surface area contributed by atoms with Gasteiger partial charge in [0.15, 0.2) is 11.5 Å². The van der Waals surface area contributed by atoms with Crippen molar-refractivity contribution >= 4 is 23.5 Å². The highest BCUT2D eigenvalue weighted by Crippen LogP contribution is 2.35. The van der Waals surface area contributed by atoms with E-state index in [-0.39, 0.29) is 11.5 Å². The second-order valence-electron chi connectivity index (χ2n) is 7.03. The minimum absolute atomic E-state index is 0.187. The molecule has 0 radical (unpaired) electrons. The number of rotatable bonds is 11. The number of nitro benzene ring substituents is 2. The molecule has 0 saturated heterocycles. The molecular formula is C24H22N4O8. The average Bonchev–Trinajstić information content (AvgIpc) is 2.86. The number of carbonyl (C=O) groups is 1. The number of hydrogen-bond donors (Lipinski definition) is 1. The van der Waals surface area contributed by atoms with Crippen LogP contribution in [0, 0.1) is 20.2 Å². The number of nitrogens with one attached hydrogen (secondary N) is 1. The number of para-hydroxylation sites is 1. The Morgan fingerprint density at radius 3 is 2.28 bits per heavy atom. The number of non-ortho nitro benzene ring substituents is 1. The molecule has 3 aromatic rings. The van der Waals surface area contributed by atoms with Crippen molar-refractivity contribution in [2.24, 2.45) is 5.10 Å². The van der Waals surface area contributed by atoms with E-state index in [1.54, 1.807) is 36.4 Å². The molecule has 0 aliphatic carbocycles. The third-order valence-corrected chi connectivity index (χ3v) is 4.66. The second-order valence-corrected chi connectivity index (χ2v) is 7.03. The van der Waals surface area contributed by atoms with Gasteiger partial charge in [-0.05, 0) is 50.2 Å². The van der Waals surface area contributed by atoms with E-state index in [9.17, 15) is 25.0 Å². The zero-order valence-corrected chi connectivity index (χ0v) is 19.4. The Morgan fingerprint density at radius 2 is 1.58 bits per heavy atom. The first-order chi connectivity index (χ1) is 17.3. The smallest absolute Gasteiger partial charge is 0.318 e. The number of nitrogens with zero attached hydrogens (tertiary/aromatic N) is 3. The fourth-order valence-corrected chi connectivity index (χ4v) is 3.06. The van der Waals surface area contributed by atoms with Crippen LogP contribution in [0.4, 0.5) is 11.4 Å². The van der Waals surface area contributed by atoms with Gasteiger partial charge in [0.2, 0.25) is 5.75 Å². The lowest BCUT2D eigenvalue weighted by molar-refractivity contribution is -0.394. The number of hydrazone groups is 1. The van der Waals surface area contributed by atoms with Gasteiger partial charge in [-0.3, -0.25) is 25.0 Å². The van der Waals surface area contributed by atoms with Crippen LogP contribution in [-0.2, 0) is 0 Å². The van der Waals surface area contributed by atoms with Gasteiger partial charge in [-0.15, -0.1) is 0 Å². The van der Waals surface area contributed by atoms with Crippen LogP contribution in [0.2, 0.25) is 0 Å². The quantitative estimate of drug-likeness (QED) is 0.225. The third-order valence-electron chi connectivity index (χ3n) is 4.66. The summed E-state index contributed by atoms with van der Waals surface area (Å²) in [6.45, 7) is 4.50. The molecule has 0 aliphatic rings. The zero-order chi connectivity index (χ0) is 26.1. The summed E-state index contributed by atoms with van der Waals surface area (Å²) in [4.78, 5) is 33.4. The molecule has 36 heavy (non-hydrogen) atoms. The number of amides is 1. The fourth-order valence-electron chi connectivity index (χ4n) is 3.06. The van der Waals surface area contributed by atoms with Crippen LogP contribution in [0.5, 0.6) is 23.0 Å². The van der Waals surface area contributed by atoms with Crippen LogP contribution < -0.4 is 19.6 Å². The Hall–Kier alpha value is -5.00. The van der Waals surface area contributed by atoms with E-state index in [0.717, 1.165) is 18.2 Å². The molecule has 0 atom stereocenters. The van der Waals surface area contributed by atoms with Gasteiger partial charge in [-0.25, -0.2) is 5.43 Å². The van der Waals surface area contributed by atoms with E-state index in [2.05, 4.69) is 10.5 Å². The molecule has 0 aliphatic heterocycles. The standard InChI is InChI=1S/C24H22N4O8/c1-3-34-22-11-9-16(13-23(22)35-4-2)24(29)26-25-15-17-7-5-6-8-20(17)36-21-12-10-18(27(30)31)14-19(21)28(32)33/h5-15H,3-4H2,1-2H3,(H,26,29)/b25-15+. The van der Waals surface area contributed by atoms with E-state index >= 15 is 0 Å². The van der Waals surface area contributed by atoms with Crippen LogP contribution in [0.3, 0.4) is 0 Å². The maximum absolute atomic E-state index is 12.6. The highest BCUT2D eigenvalue weighted by molar-refractivity contribution is 5.95. The molecule has 0 aromatic heterocycles. The number of nitro groups is 2. The summed E-state index contributed by atoms with van der Waals surface area (Å²) in [5.74, 6) is 0.449. The Balaban J connectivity index is 1.78. The first kappa shape index (κ1) is 25.6. The van der Waals surface area contributed by atoms with Gasteiger partial charge >= 0.3 is 5.69 Å². The third kappa shape index (κ3) is 6.32. The number of carbonyl (C=O) groups excluding carboxylic acids is 1. The molecule has 0 fully saturated rings. The van der Waals surface area contributed by atoms with Crippen molar-refractivity contribution in [3.8, 4) is 23.0 Å². The summed E-state index contributed by atoms with van der Waals surface area (Å²) in [5, 5.41) is 26.3. The van der Waals surface area contributed by atoms with Crippen molar-refractivity contribution < 1.29 is 28.9 Å². The van der Waals surface area contributed by atoms with E-state index in [4.69, 9.17) is 14.2 Å². The Labute approximate surface area is 205 Å². The van der Waals surface area contributed by atoms with Crippen molar-refractivity contribution in [1.82, 2.24) is 5.43 Å². The minimum atomic E-state index is -0.771.